The summed E-state index contributed by atoms with van der Waals surface area (Å²) in [5.41, 5.74) is 1.81. The topological polar surface area (TPSA) is 28.7 Å². The van der Waals surface area contributed by atoms with Gasteiger partial charge in [0.05, 0.1) is 11.9 Å². The Morgan fingerprint density at radius 1 is 0.895 bits per heavy atom. The maximum Gasteiger partial charge on any atom is 0.137 e. The molecular weight excluding hydrogens is 246 g/mol. The van der Waals surface area contributed by atoms with Crippen molar-refractivity contribution >= 4 is 0 Å². The first-order valence-corrected chi connectivity index (χ1v) is 5.80. The molecule has 94 valence electrons. The number of hydrogen-bond acceptors (Lipinski definition) is 1. The highest BCUT2D eigenvalue weighted by Crippen LogP contribution is 2.24. The molecule has 0 atom stereocenters. The minimum atomic E-state index is -0.309. The Kier molecular flexibility index (Phi) is 2.83. The normalized spacial score (nSPS) is 10.6. The van der Waals surface area contributed by atoms with Crippen LogP contribution in [0.1, 0.15) is 0 Å². The van der Waals surface area contributed by atoms with Gasteiger partial charge in [-0.15, -0.1) is 0 Å². The van der Waals surface area contributed by atoms with E-state index in [9.17, 15) is 8.78 Å². The zero-order chi connectivity index (χ0) is 13.2. The molecule has 2 nitrogen and oxygen atoms in total. The highest BCUT2D eigenvalue weighted by molar-refractivity contribution is 5.64. The molecule has 0 aliphatic heterocycles. The third kappa shape index (κ3) is 2.25. The zero-order valence-electron chi connectivity index (χ0n) is 9.90. The summed E-state index contributed by atoms with van der Waals surface area (Å²) < 4.78 is 26.5. The summed E-state index contributed by atoms with van der Waals surface area (Å²) >= 11 is 0. The number of aromatic amines is 1. The monoisotopic (exact) mass is 256 g/mol. The molecule has 1 N–H and O–H groups in total. The van der Waals surface area contributed by atoms with Gasteiger partial charge in [0.25, 0.3) is 0 Å². The fourth-order valence-electron chi connectivity index (χ4n) is 1.89. The average molecular weight is 256 g/mol. The molecule has 0 radical (unpaired) electrons. The van der Waals surface area contributed by atoms with Crippen LogP contribution in [0.25, 0.3) is 22.6 Å². The van der Waals surface area contributed by atoms with Gasteiger partial charge in [0.15, 0.2) is 0 Å². The first-order chi connectivity index (χ1) is 9.24. The zero-order valence-corrected chi connectivity index (χ0v) is 9.90. The molecule has 3 aromatic rings. The van der Waals surface area contributed by atoms with E-state index in [4.69, 9.17) is 0 Å². The van der Waals surface area contributed by atoms with Crippen LogP contribution in [0.15, 0.2) is 54.7 Å². The van der Waals surface area contributed by atoms with E-state index in [1.807, 2.05) is 0 Å². The molecule has 0 fully saturated rings. The van der Waals surface area contributed by atoms with Crippen molar-refractivity contribution < 1.29 is 8.78 Å². The third-order valence-corrected chi connectivity index (χ3v) is 2.86. The Bertz CT molecular complexity index is 702. The molecule has 0 saturated carbocycles. The molecule has 3 rings (SSSR count). The Morgan fingerprint density at radius 3 is 2.37 bits per heavy atom. The van der Waals surface area contributed by atoms with Crippen molar-refractivity contribution in [3.8, 4) is 22.6 Å². The highest BCUT2D eigenvalue weighted by atomic mass is 19.1. The standard InChI is InChI=1S/C15H10F2N2/c16-11-7-5-10(6-8-11)15-18-9-14(19-15)12-3-1-2-4-13(12)17/h1-9H,(H,18,19). The van der Waals surface area contributed by atoms with Gasteiger partial charge in [-0.05, 0) is 36.4 Å². The fourth-order valence-corrected chi connectivity index (χ4v) is 1.89. The Hall–Kier alpha value is -2.49. The van der Waals surface area contributed by atoms with Crippen LogP contribution in [-0.2, 0) is 0 Å². The maximum atomic E-state index is 13.6. The van der Waals surface area contributed by atoms with Gasteiger partial charge in [-0.3, -0.25) is 0 Å². The summed E-state index contributed by atoms with van der Waals surface area (Å²) in [7, 11) is 0. The summed E-state index contributed by atoms with van der Waals surface area (Å²) in [5.74, 6) is -0.0281. The van der Waals surface area contributed by atoms with Crippen molar-refractivity contribution in [2.24, 2.45) is 0 Å². The van der Waals surface area contributed by atoms with Crippen LogP contribution in [0, 0.1) is 11.6 Å². The van der Waals surface area contributed by atoms with Crippen LogP contribution in [0.4, 0.5) is 8.78 Å². The van der Waals surface area contributed by atoms with E-state index in [1.165, 1.54) is 18.2 Å². The predicted octanol–water partition coefficient (Wildman–Crippen LogP) is 4.02. The Balaban J connectivity index is 2.00. The minimum Gasteiger partial charge on any atom is -0.338 e. The number of aromatic nitrogens is 2. The number of nitrogens with one attached hydrogen (secondary N) is 1. The van der Waals surface area contributed by atoms with Crippen molar-refractivity contribution in [2.75, 3.05) is 0 Å². The molecule has 2 aromatic carbocycles. The van der Waals surface area contributed by atoms with Gasteiger partial charge in [0.2, 0.25) is 0 Å². The number of H-pyrrole nitrogens is 1. The van der Waals surface area contributed by atoms with Crippen LogP contribution in [-0.4, -0.2) is 9.97 Å². The van der Waals surface area contributed by atoms with E-state index >= 15 is 0 Å². The molecule has 0 unspecified atom stereocenters. The number of imidazole rings is 1. The molecule has 0 aliphatic rings. The van der Waals surface area contributed by atoms with E-state index in [2.05, 4.69) is 9.97 Å². The molecule has 1 aromatic heterocycles. The number of halogens is 2. The molecule has 0 aliphatic carbocycles. The lowest BCUT2D eigenvalue weighted by Crippen LogP contribution is -1.84. The smallest absolute Gasteiger partial charge is 0.137 e. The molecule has 0 amide bonds. The molecule has 0 bridgehead atoms. The van der Waals surface area contributed by atoms with Crippen molar-refractivity contribution in [3.05, 3.63) is 66.4 Å². The molecule has 0 spiro atoms. The van der Waals surface area contributed by atoms with Crippen molar-refractivity contribution in [1.82, 2.24) is 9.97 Å². The van der Waals surface area contributed by atoms with Gasteiger partial charge in [-0.1, -0.05) is 12.1 Å². The van der Waals surface area contributed by atoms with Crippen molar-refractivity contribution in [1.29, 1.82) is 0 Å². The van der Waals surface area contributed by atoms with E-state index in [0.29, 0.717) is 17.1 Å². The fraction of sp³-hybridized carbons (Fsp3) is 0. The largest absolute Gasteiger partial charge is 0.338 e. The van der Waals surface area contributed by atoms with Gasteiger partial charge >= 0.3 is 0 Å². The first-order valence-electron chi connectivity index (χ1n) is 5.80. The number of nitrogens with zero attached hydrogens (tertiary/aromatic N) is 1. The van der Waals surface area contributed by atoms with Crippen molar-refractivity contribution in [2.45, 2.75) is 0 Å². The number of rotatable bonds is 2. The van der Waals surface area contributed by atoms with E-state index in [-0.39, 0.29) is 11.6 Å². The molecular formula is C15H10F2N2. The lowest BCUT2D eigenvalue weighted by atomic mass is 10.1. The van der Waals surface area contributed by atoms with Crippen LogP contribution in [0.3, 0.4) is 0 Å². The lowest BCUT2D eigenvalue weighted by molar-refractivity contribution is 0.628. The quantitative estimate of drug-likeness (QED) is 0.737. The summed E-state index contributed by atoms with van der Waals surface area (Å²) in [4.78, 5) is 7.22. The SMILES string of the molecule is Fc1ccc(-c2ncc(-c3ccccc3F)[nH]2)cc1. The summed E-state index contributed by atoms with van der Waals surface area (Å²) in [6, 6.07) is 12.4. The van der Waals surface area contributed by atoms with Gasteiger partial charge in [-0.2, -0.15) is 0 Å². The summed E-state index contributed by atoms with van der Waals surface area (Å²) in [5, 5.41) is 0. The van der Waals surface area contributed by atoms with Gasteiger partial charge in [-0.25, -0.2) is 13.8 Å². The second-order valence-electron chi connectivity index (χ2n) is 4.13. The Labute approximate surface area is 108 Å². The molecule has 1 heterocycles. The Morgan fingerprint density at radius 2 is 1.63 bits per heavy atom. The van der Waals surface area contributed by atoms with Gasteiger partial charge < -0.3 is 4.98 Å². The van der Waals surface area contributed by atoms with Gasteiger partial charge in [0, 0.05) is 11.1 Å². The van der Waals surface area contributed by atoms with Crippen LogP contribution in [0.2, 0.25) is 0 Å². The highest BCUT2D eigenvalue weighted by Gasteiger charge is 2.08. The summed E-state index contributed by atoms with van der Waals surface area (Å²) in [6.07, 6.45) is 1.57. The second-order valence-corrected chi connectivity index (χ2v) is 4.13. The second kappa shape index (κ2) is 4.65. The molecule has 0 saturated heterocycles. The van der Waals surface area contributed by atoms with Gasteiger partial charge in [0.1, 0.15) is 17.5 Å². The van der Waals surface area contributed by atoms with Crippen LogP contribution < -0.4 is 0 Å². The molecule has 19 heavy (non-hydrogen) atoms. The number of hydrogen-bond donors (Lipinski definition) is 1. The summed E-state index contributed by atoms with van der Waals surface area (Å²) in [6.45, 7) is 0. The number of benzene rings is 2. The predicted molar refractivity (Wildman–Crippen MR) is 69.4 cm³/mol. The van der Waals surface area contributed by atoms with Crippen LogP contribution in [0.5, 0.6) is 0 Å². The van der Waals surface area contributed by atoms with E-state index in [1.54, 1.807) is 36.5 Å². The average Bonchev–Trinajstić information content (AvgIpc) is 2.89. The van der Waals surface area contributed by atoms with E-state index < -0.39 is 0 Å². The lowest BCUT2D eigenvalue weighted by Gasteiger charge is -1.99. The van der Waals surface area contributed by atoms with E-state index in [0.717, 1.165) is 5.56 Å². The van der Waals surface area contributed by atoms with Crippen molar-refractivity contribution in [3.63, 3.8) is 0 Å². The third-order valence-electron chi connectivity index (χ3n) is 2.86. The molecule has 4 heteroatoms. The maximum absolute atomic E-state index is 13.6. The minimum absolute atomic E-state index is 0.301. The first kappa shape index (κ1) is 11.6. The van der Waals surface area contributed by atoms with Crippen LogP contribution >= 0.6 is 0 Å².